The number of hydrogen-bond donors (Lipinski definition) is 3. The summed E-state index contributed by atoms with van der Waals surface area (Å²) in [6.07, 6.45) is -4.01. The Labute approximate surface area is 330 Å². The van der Waals surface area contributed by atoms with Crippen molar-refractivity contribution in [2.75, 3.05) is 20.3 Å². The Morgan fingerprint density at radius 1 is 0.702 bits per heavy atom. The molecule has 57 heavy (non-hydrogen) atoms. The fraction of sp³-hybridized carbons (Fsp3) is 0.326. The number of alkyl carbamates (subject to hydrolysis) is 3. The summed E-state index contributed by atoms with van der Waals surface area (Å²) in [5.41, 5.74) is 5.85. The minimum absolute atomic E-state index is 0.0111. The molecule has 6 rings (SSSR count). The molecule has 0 saturated carbocycles. The molecule has 14 heteroatoms. The van der Waals surface area contributed by atoms with E-state index < -0.39 is 48.3 Å². The Morgan fingerprint density at radius 2 is 1.23 bits per heavy atom. The van der Waals surface area contributed by atoms with Crippen LogP contribution in [0.25, 0.3) is 11.1 Å². The van der Waals surface area contributed by atoms with Crippen LogP contribution in [0.4, 0.5) is 14.4 Å². The van der Waals surface area contributed by atoms with E-state index in [-0.39, 0.29) is 51.1 Å². The van der Waals surface area contributed by atoms with E-state index in [4.69, 9.17) is 28.4 Å². The van der Waals surface area contributed by atoms with E-state index in [1.165, 1.54) is 7.11 Å². The lowest BCUT2D eigenvalue weighted by Crippen LogP contribution is -2.50. The van der Waals surface area contributed by atoms with Crippen LogP contribution in [0.2, 0.25) is 0 Å². The first-order valence-corrected chi connectivity index (χ1v) is 18.6. The molecule has 14 nitrogen and oxygen atoms in total. The summed E-state index contributed by atoms with van der Waals surface area (Å²) in [5.74, 6) is -2.20. The number of methoxy groups -OCH3 is 1. The highest BCUT2D eigenvalue weighted by molar-refractivity contribution is 6.01. The number of hydrogen-bond acceptors (Lipinski definition) is 11. The Balaban J connectivity index is 1.13. The first-order chi connectivity index (χ1) is 27.6. The van der Waals surface area contributed by atoms with Crippen LogP contribution in [0.3, 0.4) is 0 Å². The second-order valence-corrected chi connectivity index (χ2v) is 13.9. The van der Waals surface area contributed by atoms with Crippen molar-refractivity contribution in [2.45, 2.75) is 69.9 Å². The van der Waals surface area contributed by atoms with Gasteiger partial charge in [-0.05, 0) is 60.1 Å². The molecule has 1 fully saturated rings. The maximum atomic E-state index is 13.5. The Bertz CT molecular complexity index is 1940. The van der Waals surface area contributed by atoms with Gasteiger partial charge in [0.1, 0.15) is 25.9 Å². The third-order valence-electron chi connectivity index (χ3n) is 9.42. The number of guanidine groups is 1. The van der Waals surface area contributed by atoms with Crippen LogP contribution in [-0.4, -0.2) is 74.5 Å². The number of nitrogens with one attached hydrogen (secondary N) is 3. The number of fused-ring (bicyclic) bond motifs is 3. The van der Waals surface area contributed by atoms with E-state index in [9.17, 15) is 19.2 Å². The van der Waals surface area contributed by atoms with Crippen LogP contribution >= 0.6 is 0 Å². The van der Waals surface area contributed by atoms with Gasteiger partial charge in [-0.1, -0.05) is 109 Å². The third-order valence-corrected chi connectivity index (χ3v) is 9.42. The molecule has 4 aromatic rings. The summed E-state index contributed by atoms with van der Waals surface area (Å²) in [7, 11) is 1.24. The topological polar surface area (TPSA) is 172 Å². The van der Waals surface area contributed by atoms with E-state index in [1.54, 1.807) is 38.1 Å². The molecule has 0 spiro atoms. The summed E-state index contributed by atoms with van der Waals surface area (Å²) >= 11 is 0. The van der Waals surface area contributed by atoms with Gasteiger partial charge in [-0.25, -0.2) is 19.2 Å². The molecule has 0 unspecified atom stereocenters. The summed E-state index contributed by atoms with van der Waals surface area (Å²) in [4.78, 5) is 56.3. The summed E-state index contributed by atoms with van der Waals surface area (Å²) in [6.45, 7) is 3.43. The van der Waals surface area contributed by atoms with E-state index in [2.05, 4.69) is 33.1 Å². The lowest BCUT2D eigenvalue weighted by atomic mass is 9.98. The number of carbonyl (C=O) groups excluding carboxylic acids is 4. The average Bonchev–Trinajstić information content (AvgIpc) is 3.73. The zero-order valence-corrected chi connectivity index (χ0v) is 32.0. The van der Waals surface area contributed by atoms with Crippen molar-refractivity contribution in [1.82, 2.24) is 16.0 Å². The quantitative estimate of drug-likeness (QED) is 0.0443. The molecule has 3 atom stereocenters. The van der Waals surface area contributed by atoms with Gasteiger partial charge in [-0.3, -0.25) is 15.6 Å². The summed E-state index contributed by atoms with van der Waals surface area (Å²) < 4.78 is 33.6. The number of rotatable bonds is 13. The van der Waals surface area contributed by atoms with Crippen molar-refractivity contribution >= 4 is 30.2 Å². The van der Waals surface area contributed by atoms with Gasteiger partial charge in [0.05, 0.1) is 13.2 Å². The van der Waals surface area contributed by atoms with Gasteiger partial charge in [0.25, 0.3) is 0 Å². The minimum atomic E-state index is -1.16. The Kier molecular flexibility index (Phi) is 13.5. The van der Waals surface area contributed by atoms with Gasteiger partial charge in [-0.2, -0.15) is 0 Å². The smallest absolute Gasteiger partial charge is 0.414 e. The predicted molar refractivity (Wildman–Crippen MR) is 209 cm³/mol. The number of benzene rings is 4. The highest BCUT2D eigenvalue weighted by atomic mass is 16.8. The average molecular weight is 779 g/mol. The lowest BCUT2D eigenvalue weighted by molar-refractivity contribution is -0.168. The molecule has 1 aliphatic heterocycles. The van der Waals surface area contributed by atoms with Gasteiger partial charge >= 0.3 is 24.2 Å². The number of esters is 1. The molecule has 1 saturated heterocycles. The van der Waals surface area contributed by atoms with Gasteiger partial charge in [0.2, 0.25) is 5.96 Å². The maximum absolute atomic E-state index is 13.5. The van der Waals surface area contributed by atoms with Gasteiger partial charge in [0.15, 0.2) is 11.9 Å². The van der Waals surface area contributed by atoms with E-state index >= 15 is 0 Å². The molecule has 0 radical (unpaired) electrons. The molecule has 3 N–H and O–H groups in total. The summed E-state index contributed by atoms with van der Waals surface area (Å²) in [6, 6.07) is 33.4. The second-order valence-electron chi connectivity index (χ2n) is 13.9. The van der Waals surface area contributed by atoms with Gasteiger partial charge < -0.3 is 33.7 Å². The second kappa shape index (κ2) is 19.1. The van der Waals surface area contributed by atoms with Crippen molar-refractivity contribution < 1.29 is 47.6 Å². The van der Waals surface area contributed by atoms with Crippen LogP contribution in [0.1, 0.15) is 54.9 Å². The van der Waals surface area contributed by atoms with Crippen molar-refractivity contribution in [1.29, 1.82) is 0 Å². The third kappa shape index (κ3) is 11.0. The van der Waals surface area contributed by atoms with Crippen LogP contribution in [0, 0.1) is 0 Å². The zero-order chi connectivity index (χ0) is 40.2. The van der Waals surface area contributed by atoms with Crippen molar-refractivity contribution in [2.24, 2.45) is 4.99 Å². The van der Waals surface area contributed by atoms with Crippen molar-refractivity contribution in [3.8, 4) is 11.1 Å². The molecular formula is C43H46N4O10. The van der Waals surface area contributed by atoms with Gasteiger partial charge in [-0.15, -0.1) is 0 Å². The standard InChI is InChI=1S/C43H46N4O10/c1-43(2)56-36(37(57-43)38(48)52-3)35(45-40(49)55-27-34-32-21-12-10-19-30(32)31-20-11-13-22-33(31)34)23-14-24-44-39(46-41(50)53-25-28-15-6-4-7-16-28)47-42(51)54-26-29-17-8-5-9-18-29/h4-13,15-22,34-37H,14,23-27H2,1-3H3,(H,45,49)(H2,44,46,47,50,51)/t35-,36-,37-/m0/s1. The first kappa shape index (κ1) is 40.4. The fourth-order valence-electron chi connectivity index (χ4n) is 6.82. The molecule has 1 aliphatic carbocycles. The molecule has 1 heterocycles. The van der Waals surface area contributed by atoms with Crippen LogP contribution in [0.15, 0.2) is 114 Å². The number of amides is 3. The lowest BCUT2D eigenvalue weighted by Gasteiger charge is -2.27. The molecule has 2 aliphatic rings. The highest BCUT2D eigenvalue weighted by Crippen LogP contribution is 2.44. The van der Waals surface area contributed by atoms with Crippen molar-refractivity contribution in [3.05, 3.63) is 131 Å². The Morgan fingerprint density at radius 3 is 1.77 bits per heavy atom. The number of ether oxygens (including phenoxy) is 6. The van der Waals surface area contributed by atoms with E-state index in [0.29, 0.717) is 0 Å². The van der Waals surface area contributed by atoms with E-state index in [1.807, 2.05) is 72.8 Å². The number of aliphatic imine (C=N–C) groups is 1. The molecule has 3 amide bonds. The largest absolute Gasteiger partial charge is 0.467 e. The highest BCUT2D eigenvalue weighted by Gasteiger charge is 2.49. The monoisotopic (exact) mass is 778 g/mol. The Hall–Kier alpha value is -6.25. The van der Waals surface area contributed by atoms with Crippen LogP contribution in [-0.2, 0) is 46.4 Å². The SMILES string of the molecule is COC(=O)[C@H]1OC(C)(C)O[C@H]1[C@H](CCCN=C(NC(=O)OCc1ccccc1)NC(=O)OCc1ccccc1)NC(=O)OCC1c2ccccc2-c2ccccc21. The van der Waals surface area contributed by atoms with Crippen molar-refractivity contribution in [3.63, 3.8) is 0 Å². The normalized spacial score (nSPS) is 16.9. The van der Waals surface area contributed by atoms with E-state index in [0.717, 1.165) is 33.4 Å². The molecule has 0 bridgehead atoms. The molecule has 4 aromatic carbocycles. The molecule has 0 aromatic heterocycles. The number of carbonyl (C=O) groups is 4. The molecular weight excluding hydrogens is 732 g/mol. The van der Waals surface area contributed by atoms with Crippen LogP contribution < -0.4 is 16.0 Å². The first-order valence-electron chi connectivity index (χ1n) is 18.6. The predicted octanol–water partition coefficient (Wildman–Crippen LogP) is 6.58. The maximum Gasteiger partial charge on any atom is 0.414 e. The van der Waals surface area contributed by atoms with Gasteiger partial charge in [0, 0.05) is 12.5 Å². The number of nitrogens with zero attached hydrogens (tertiary/aromatic N) is 1. The minimum Gasteiger partial charge on any atom is -0.467 e. The van der Waals surface area contributed by atoms with Crippen LogP contribution in [0.5, 0.6) is 0 Å². The fourth-order valence-corrected chi connectivity index (χ4v) is 6.82. The summed E-state index contributed by atoms with van der Waals surface area (Å²) in [5, 5.41) is 7.83. The zero-order valence-electron chi connectivity index (χ0n) is 32.0. The molecule has 298 valence electrons.